The Bertz CT molecular complexity index is 458. The first-order valence-electron chi connectivity index (χ1n) is 3.82. The molecule has 0 atom stereocenters. The van der Waals surface area contributed by atoms with Crippen molar-refractivity contribution in [2.75, 3.05) is 0 Å². The smallest absolute Gasteiger partial charge is 0.325 e. The molecule has 0 heterocycles. The first-order valence-corrected chi connectivity index (χ1v) is 4.20. The van der Waals surface area contributed by atoms with E-state index in [9.17, 15) is 20.0 Å². The number of carbonyl (C=O) groups excluding carboxylic acids is 1. The summed E-state index contributed by atoms with van der Waals surface area (Å²) in [5.41, 5.74) is 4.13. The van der Waals surface area contributed by atoms with Gasteiger partial charge in [0.2, 0.25) is 5.75 Å². The van der Waals surface area contributed by atoms with E-state index in [-0.39, 0.29) is 16.1 Å². The molecule has 0 aliphatic rings. The van der Waals surface area contributed by atoms with Crippen LogP contribution in [-0.4, -0.2) is 15.9 Å². The van der Waals surface area contributed by atoms with Gasteiger partial charge in [-0.1, -0.05) is 11.6 Å². The molecule has 0 unspecified atom stereocenters. The molecule has 0 aromatic heterocycles. The molecule has 15 heavy (non-hydrogen) atoms. The fourth-order valence-electron chi connectivity index (χ4n) is 1.24. The lowest BCUT2D eigenvalue weighted by Crippen LogP contribution is -2.15. The Morgan fingerprint density at radius 1 is 1.67 bits per heavy atom. The molecule has 1 rings (SSSR count). The predicted octanol–water partition coefficient (Wildman–Crippen LogP) is 1.36. The van der Waals surface area contributed by atoms with Gasteiger partial charge in [0.25, 0.3) is 5.91 Å². The molecule has 0 fully saturated rings. The monoisotopic (exact) mass is 230 g/mol. The SMILES string of the molecule is Cc1cc(Cl)c(O)c([N+](=O)[O-])c1C(N)=O. The molecule has 0 aliphatic carbocycles. The second-order valence-electron chi connectivity index (χ2n) is 2.87. The Labute approximate surface area is 89.4 Å². The van der Waals surface area contributed by atoms with Crippen molar-refractivity contribution in [3.63, 3.8) is 0 Å². The summed E-state index contributed by atoms with van der Waals surface area (Å²) < 4.78 is 0. The van der Waals surface area contributed by atoms with Crippen LogP contribution >= 0.6 is 11.6 Å². The molecule has 1 aromatic carbocycles. The summed E-state index contributed by atoms with van der Waals surface area (Å²) in [5, 5.41) is 19.8. The fourth-order valence-corrected chi connectivity index (χ4v) is 1.49. The van der Waals surface area contributed by atoms with E-state index >= 15 is 0 Å². The number of nitrogens with zero attached hydrogens (tertiary/aromatic N) is 1. The Hall–Kier alpha value is -1.82. The maximum atomic E-state index is 11.0. The number of hydrogen-bond donors (Lipinski definition) is 2. The summed E-state index contributed by atoms with van der Waals surface area (Å²) in [6.45, 7) is 1.44. The molecule has 0 aliphatic heterocycles. The van der Waals surface area contributed by atoms with E-state index < -0.39 is 22.3 Å². The van der Waals surface area contributed by atoms with Gasteiger partial charge in [-0.05, 0) is 18.6 Å². The van der Waals surface area contributed by atoms with Crippen molar-refractivity contribution in [1.29, 1.82) is 0 Å². The maximum absolute atomic E-state index is 11.0. The van der Waals surface area contributed by atoms with Gasteiger partial charge in [0, 0.05) is 0 Å². The number of primary amides is 1. The van der Waals surface area contributed by atoms with Crippen LogP contribution in [0.25, 0.3) is 0 Å². The van der Waals surface area contributed by atoms with Crippen LogP contribution in [0.2, 0.25) is 5.02 Å². The van der Waals surface area contributed by atoms with Crippen LogP contribution in [-0.2, 0) is 0 Å². The number of aromatic hydroxyl groups is 1. The summed E-state index contributed by atoms with van der Waals surface area (Å²) in [4.78, 5) is 20.7. The highest BCUT2D eigenvalue weighted by molar-refractivity contribution is 6.32. The number of carbonyl (C=O) groups is 1. The zero-order valence-electron chi connectivity index (χ0n) is 7.65. The number of phenols is 1. The van der Waals surface area contributed by atoms with E-state index in [0.29, 0.717) is 0 Å². The molecule has 6 nitrogen and oxygen atoms in total. The van der Waals surface area contributed by atoms with Crippen LogP contribution in [0.15, 0.2) is 6.07 Å². The van der Waals surface area contributed by atoms with Crippen LogP contribution in [0.1, 0.15) is 15.9 Å². The van der Waals surface area contributed by atoms with Crippen molar-refractivity contribution in [3.8, 4) is 5.75 Å². The Morgan fingerprint density at radius 3 is 2.60 bits per heavy atom. The number of nitro groups is 1. The van der Waals surface area contributed by atoms with Crippen LogP contribution < -0.4 is 5.73 Å². The van der Waals surface area contributed by atoms with E-state index in [2.05, 4.69) is 0 Å². The third kappa shape index (κ3) is 1.84. The lowest BCUT2D eigenvalue weighted by molar-refractivity contribution is -0.386. The van der Waals surface area contributed by atoms with E-state index in [4.69, 9.17) is 17.3 Å². The Morgan fingerprint density at radius 2 is 2.20 bits per heavy atom. The van der Waals surface area contributed by atoms with Gasteiger partial charge in [-0.25, -0.2) is 0 Å². The number of rotatable bonds is 2. The maximum Gasteiger partial charge on any atom is 0.325 e. The number of aryl methyl sites for hydroxylation is 1. The summed E-state index contributed by atoms with van der Waals surface area (Å²) in [6, 6.07) is 1.24. The van der Waals surface area contributed by atoms with Crippen molar-refractivity contribution in [3.05, 3.63) is 32.3 Å². The van der Waals surface area contributed by atoms with Crippen molar-refractivity contribution >= 4 is 23.2 Å². The lowest BCUT2D eigenvalue weighted by Gasteiger charge is -2.06. The summed E-state index contributed by atoms with van der Waals surface area (Å²) >= 11 is 5.53. The lowest BCUT2D eigenvalue weighted by atomic mass is 10.1. The van der Waals surface area contributed by atoms with E-state index in [1.165, 1.54) is 13.0 Å². The minimum absolute atomic E-state index is 0.191. The molecule has 80 valence electrons. The van der Waals surface area contributed by atoms with Gasteiger partial charge < -0.3 is 10.8 Å². The summed E-state index contributed by atoms with van der Waals surface area (Å²) in [7, 11) is 0. The van der Waals surface area contributed by atoms with Gasteiger partial charge >= 0.3 is 5.69 Å². The van der Waals surface area contributed by atoms with Gasteiger partial charge in [-0.2, -0.15) is 0 Å². The van der Waals surface area contributed by atoms with Crippen LogP contribution in [0.5, 0.6) is 5.75 Å². The van der Waals surface area contributed by atoms with Gasteiger partial charge in [0.15, 0.2) is 0 Å². The molecule has 1 aromatic rings. The highest BCUT2D eigenvalue weighted by Gasteiger charge is 2.27. The van der Waals surface area contributed by atoms with Crippen LogP contribution in [0.3, 0.4) is 0 Å². The highest BCUT2D eigenvalue weighted by Crippen LogP contribution is 2.38. The summed E-state index contributed by atoms with van der Waals surface area (Å²) in [6.07, 6.45) is 0. The predicted molar refractivity (Wildman–Crippen MR) is 53.0 cm³/mol. The van der Waals surface area contributed by atoms with Crippen molar-refractivity contribution in [2.45, 2.75) is 6.92 Å². The first kappa shape index (κ1) is 11.3. The molecular formula is C8H7ClN2O4. The number of halogens is 1. The van der Waals surface area contributed by atoms with Gasteiger partial charge in [-0.15, -0.1) is 0 Å². The Balaban J connectivity index is 3.69. The second kappa shape index (κ2) is 3.74. The molecule has 3 N–H and O–H groups in total. The number of nitro benzene ring substituents is 1. The fraction of sp³-hybridized carbons (Fsp3) is 0.125. The number of phenolic OH excluding ortho intramolecular Hbond substituents is 1. The van der Waals surface area contributed by atoms with Gasteiger partial charge in [0.1, 0.15) is 5.56 Å². The normalized spacial score (nSPS) is 10.0. The topological polar surface area (TPSA) is 106 Å². The minimum Gasteiger partial charge on any atom is -0.501 e. The van der Waals surface area contributed by atoms with E-state index in [1.54, 1.807) is 0 Å². The molecule has 7 heteroatoms. The number of benzene rings is 1. The zero-order chi connectivity index (χ0) is 11.7. The molecule has 0 saturated heterocycles. The third-order valence-corrected chi connectivity index (χ3v) is 2.14. The molecule has 0 saturated carbocycles. The van der Waals surface area contributed by atoms with Crippen LogP contribution in [0, 0.1) is 17.0 Å². The largest absolute Gasteiger partial charge is 0.501 e. The molecule has 0 bridgehead atoms. The van der Waals surface area contributed by atoms with Gasteiger partial charge in [0.05, 0.1) is 9.95 Å². The van der Waals surface area contributed by atoms with E-state index in [1.807, 2.05) is 0 Å². The standard InChI is InChI=1S/C8H7ClN2O4/c1-3-2-4(9)7(12)6(11(14)15)5(3)8(10)13/h2,12H,1H3,(H2,10,13). The van der Waals surface area contributed by atoms with Crippen molar-refractivity contribution in [2.24, 2.45) is 5.73 Å². The number of nitrogens with two attached hydrogens (primary N) is 1. The average Bonchev–Trinajstić information content (AvgIpc) is 2.09. The highest BCUT2D eigenvalue weighted by atomic mass is 35.5. The molecule has 0 spiro atoms. The number of hydrogen-bond acceptors (Lipinski definition) is 4. The quantitative estimate of drug-likeness (QED) is 0.591. The van der Waals surface area contributed by atoms with E-state index in [0.717, 1.165) is 0 Å². The number of amides is 1. The molecule has 1 amide bonds. The van der Waals surface area contributed by atoms with Crippen molar-refractivity contribution in [1.82, 2.24) is 0 Å². The first-order chi connectivity index (χ1) is 6.86. The summed E-state index contributed by atoms with van der Waals surface area (Å²) in [5.74, 6) is -1.73. The average molecular weight is 231 g/mol. The van der Waals surface area contributed by atoms with Crippen LogP contribution in [0.4, 0.5) is 5.69 Å². The minimum atomic E-state index is -0.980. The molecular weight excluding hydrogens is 224 g/mol. The molecule has 0 radical (unpaired) electrons. The second-order valence-corrected chi connectivity index (χ2v) is 3.28. The van der Waals surface area contributed by atoms with Crippen molar-refractivity contribution < 1.29 is 14.8 Å². The zero-order valence-corrected chi connectivity index (χ0v) is 8.41. The Kier molecular flexibility index (Phi) is 2.81. The van der Waals surface area contributed by atoms with Gasteiger partial charge in [-0.3, -0.25) is 14.9 Å². The third-order valence-electron chi connectivity index (χ3n) is 1.85.